The Morgan fingerprint density at radius 3 is 2.89 bits per heavy atom. The van der Waals surface area contributed by atoms with Crippen molar-refractivity contribution in [3.05, 3.63) is 28.2 Å². The summed E-state index contributed by atoms with van der Waals surface area (Å²) in [6.07, 6.45) is 3.00. The number of halogens is 1. The highest BCUT2D eigenvalue weighted by atomic mass is 79.9. The zero-order chi connectivity index (χ0) is 13.0. The number of amides is 1. The first-order chi connectivity index (χ1) is 8.65. The molecule has 0 aromatic heterocycles. The summed E-state index contributed by atoms with van der Waals surface area (Å²) >= 11 is 5.46. The molecule has 1 amide bonds. The Morgan fingerprint density at radius 2 is 2.17 bits per heavy atom. The second-order valence-corrected chi connectivity index (χ2v) is 6.87. The molecule has 4 heteroatoms. The summed E-state index contributed by atoms with van der Waals surface area (Å²) in [7, 11) is 0. The molecule has 0 spiro atoms. The lowest BCUT2D eigenvalue weighted by Crippen LogP contribution is -2.19. The number of benzene rings is 1. The Hall–Kier alpha value is -0.480. The zero-order valence-electron chi connectivity index (χ0n) is 10.5. The van der Waals surface area contributed by atoms with Crippen molar-refractivity contribution in [1.82, 2.24) is 0 Å². The SMILES string of the molecule is Cc1ccc(Br)c(NC(=O)CC2CCSCC2)c1. The molecule has 0 saturated carbocycles. The maximum absolute atomic E-state index is 12.0. The van der Waals surface area contributed by atoms with Crippen molar-refractivity contribution in [2.75, 3.05) is 16.8 Å². The van der Waals surface area contributed by atoms with Crippen LogP contribution in [0.25, 0.3) is 0 Å². The van der Waals surface area contributed by atoms with Crippen LogP contribution in [0.5, 0.6) is 0 Å². The van der Waals surface area contributed by atoms with Crippen LogP contribution in [0.3, 0.4) is 0 Å². The fraction of sp³-hybridized carbons (Fsp3) is 0.500. The molecular formula is C14H18BrNOS. The van der Waals surface area contributed by atoms with Gasteiger partial charge in [-0.2, -0.15) is 11.8 Å². The maximum Gasteiger partial charge on any atom is 0.224 e. The van der Waals surface area contributed by atoms with Crippen molar-refractivity contribution in [2.45, 2.75) is 26.2 Å². The van der Waals surface area contributed by atoms with E-state index in [2.05, 4.69) is 21.2 Å². The number of carbonyl (C=O) groups is 1. The molecule has 1 aromatic rings. The van der Waals surface area contributed by atoms with E-state index in [0.29, 0.717) is 12.3 Å². The van der Waals surface area contributed by atoms with Crippen LogP contribution in [-0.4, -0.2) is 17.4 Å². The first-order valence-corrected chi connectivity index (χ1v) is 8.23. The third kappa shape index (κ3) is 4.02. The Kier molecular flexibility index (Phi) is 5.13. The third-order valence-corrected chi connectivity index (χ3v) is 4.95. The molecule has 0 radical (unpaired) electrons. The molecule has 1 N–H and O–H groups in total. The number of thioether (sulfide) groups is 1. The molecule has 1 aliphatic rings. The van der Waals surface area contributed by atoms with E-state index in [1.807, 2.05) is 36.9 Å². The summed E-state index contributed by atoms with van der Waals surface area (Å²) in [5.41, 5.74) is 2.03. The highest BCUT2D eigenvalue weighted by Crippen LogP contribution is 2.27. The summed E-state index contributed by atoms with van der Waals surface area (Å²) in [6, 6.07) is 6.00. The Morgan fingerprint density at radius 1 is 1.44 bits per heavy atom. The van der Waals surface area contributed by atoms with E-state index in [4.69, 9.17) is 0 Å². The van der Waals surface area contributed by atoms with E-state index < -0.39 is 0 Å². The standard InChI is InChI=1S/C14H18BrNOS/c1-10-2-3-12(15)13(8-10)16-14(17)9-11-4-6-18-7-5-11/h2-3,8,11H,4-7,9H2,1H3,(H,16,17). The van der Waals surface area contributed by atoms with Gasteiger partial charge in [-0.3, -0.25) is 4.79 Å². The quantitative estimate of drug-likeness (QED) is 0.900. The molecule has 0 unspecified atom stereocenters. The lowest BCUT2D eigenvalue weighted by molar-refractivity contribution is -0.117. The number of nitrogens with one attached hydrogen (secondary N) is 1. The monoisotopic (exact) mass is 327 g/mol. The van der Waals surface area contributed by atoms with Gasteiger partial charge in [-0.05, 0) is 70.8 Å². The van der Waals surface area contributed by atoms with Crippen molar-refractivity contribution in [3.8, 4) is 0 Å². The molecule has 98 valence electrons. The molecule has 1 fully saturated rings. The number of hydrogen-bond donors (Lipinski definition) is 1. The smallest absolute Gasteiger partial charge is 0.224 e. The topological polar surface area (TPSA) is 29.1 Å². The molecule has 0 atom stereocenters. The van der Waals surface area contributed by atoms with E-state index in [9.17, 15) is 4.79 Å². The van der Waals surface area contributed by atoms with E-state index >= 15 is 0 Å². The minimum atomic E-state index is 0.137. The summed E-state index contributed by atoms with van der Waals surface area (Å²) in [4.78, 5) is 12.0. The summed E-state index contributed by atoms with van der Waals surface area (Å²) in [5, 5.41) is 3.01. The maximum atomic E-state index is 12.0. The molecular weight excluding hydrogens is 310 g/mol. The highest BCUT2D eigenvalue weighted by Gasteiger charge is 2.17. The predicted molar refractivity (Wildman–Crippen MR) is 82.2 cm³/mol. The molecule has 18 heavy (non-hydrogen) atoms. The molecule has 1 aliphatic heterocycles. The van der Waals surface area contributed by atoms with Gasteiger partial charge in [0.1, 0.15) is 0 Å². The first-order valence-electron chi connectivity index (χ1n) is 6.29. The average Bonchev–Trinajstić information content (AvgIpc) is 2.35. The van der Waals surface area contributed by atoms with Crippen molar-refractivity contribution < 1.29 is 4.79 Å². The van der Waals surface area contributed by atoms with E-state index in [1.54, 1.807) is 0 Å². The van der Waals surface area contributed by atoms with Crippen molar-refractivity contribution in [3.63, 3.8) is 0 Å². The van der Waals surface area contributed by atoms with Crippen LogP contribution in [0.15, 0.2) is 22.7 Å². The van der Waals surface area contributed by atoms with Crippen LogP contribution in [0.4, 0.5) is 5.69 Å². The van der Waals surface area contributed by atoms with Gasteiger partial charge in [0.2, 0.25) is 5.91 Å². The number of carbonyl (C=O) groups excluding carboxylic acids is 1. The lowest BCUT2D eigenvalue weighted by atomic mass is 9.98. The normalized spacial score (nSPS) is 16.6. The van der Waals surface area contributed by atoms with E-state index in [1.165, 1.54) is 24.3 Å². The molecule has 1 aromatic carbocycles. The summed E-state index contributed by atoms with van der Waals surface area (Å²) < 4.78 is 0.945. The lowest BCUT2D eigenvalue weighted by Gasteiger charge is -2.20. The molecule has 0 aliphatic carbocycles. The van der Waals surface area contributed by atoms with Gasteiger partial charge in [0.15, 0.2) is 0 Å². The van der Waals surface area contributed by atoms with Gasteiger partial charge in [0.25, 0.3) is 0 Å². The summed E-state index contributed by atoms with van der Waals surface area (Å²) in [5.74, 6) is 3.10. The molecule has 0 bridgehead atoms. The number of anilines is 1. The second kappa shape index (κ2) is 6.62. The molecule has 1 saturated heterocycles. The highest BCUT2D eigenvalue weighted by molar-refractivity contribution is 9.10. The van der Waals surface area contributed by atoms with Gasteiger partial charge in [-0.15, -0.1) is 0 Å². The van der Waals surface area contributed by atoms with Crippen LogP contribution < -0.4 is 5.32 Å². The Labute approximate surface area is 121 Å². The minimum absolute atomic E-state index is 0.137. The van der Waals surface area contributed by atoms with E-state index in [0.717, 1.165) is 15.7 Å². The van der Waals surface area contributed by atoms with Gasteiger partial charge in [-0.1, -0.05) is 6.07 Å². The van der Waals surface area contributed by atoms with Crippen LogP contribution in [-0.2, 0) is 4.79 Å². The molecule has 2 rings (SSSR count). The van der Waals surface area contributed by atoms with Gasteiger partial charge >= 0.3 is 0 Å². The first kappa shape index (κ1) is 13.9. The van der Waals surface area contributed by atoms with Gasteiger partial charge in [0.05, 0.1) is 5.69 Å². The van der Waals surface area contributed by atoms with Crippen LogP contribution in [0.2, 0.25) is 0 Å². The zero-order valence-corrected chi connectivity index (χ0v) is 12.9. The second-order valence-electron chi connectivity index (χ2n) is 4.79. The van der Waals surface area contributed by atoms with Crippen molar-refractivity contribution in [1.29, 1.82) is 0 Å². The largest absolute Gasteiger partial charge is 0.325 e. The number of aryl methyl sites for hydroxylation is 1. The molecule has 2 nitrogen and oxygen atoms in total. The molecule has 1 heterocycles. The Balaban J connectivity index is 1.92. The fourth-order valence-corrected chi connectivity index (χ4v) is 3.70. The van der Waals surface area contributed by atoms with Crippen molar-refractivity contribution in [2.24, 2.45) is 5.92 Å². The minimum Gasteiger partial charge on any atom is -0.325 e. The summed E-state index contributed by atoms with van der Waals surface area (Å²) in [6.45, 7) is 2.03. The van der Waals surface area contributed by atoms with Crippen LogP contribution in [0, 0.1) is 12.8 Å². The van der Waals surface area contributed by atoms with Crippen LogP contribution in [0.1, 0.15) is 24.8 Å². The number of rotatable bonds is 3. The Bertz CT molecular complexity index is 430. The van der Waals surface area contributed by atoms with Gasteiger partial charge in [-0.25, -0.2) is 0 Å². The van der Waals surface area contributed by atoms with Gasteiger partial charge < -0.3 is 5.32 Å². The predicted octanol–water partition coefficient (Wildman–Crippen LogP) is 4.23. The third-order valence-electron chi connectivity index (χ3n) is 3.21. The van der Waals surface area contributed by atoms with E-state index in [-0.39, 0.29) is 5.91 Å². The number of hydrogen-bond acceptors (Lipinski definition) is 2. The van der Waals surface area contributed by atoms with Gasteiger partial charge in [0, 0.05) is 10.9 Å². The van der Waals surface area contributed by atoms with Crippen molar-refractivity contribution >= 4 is 39.3 Å². The average molecular weight is 328 g/mol. The fourth-order valence-electron chi connectivity index (χ4n) is 2.15. The van der Waals surface area contributed by atoms with Crippen LogP contribution >= 0.6 is 27.7 Å².